The molecule has 1 aliphatic carbocycles. The molecular weight excluding hydrogens is 492 g/mol. The lowest BCUT2D eigenvalue weighted by Gasteiger charge is -2.26. The maximum absolute atomic E-state index is 12.6. The van der Waals surface area contributed by atoms with Gasteiger partial charge in [0.15, 0.2) is 0 Å². The molecule has 1 atom stereocenters. The number of carbonyl (C=O) groups is 1. The highest BCUT2D eigenvalue weighted by Gasteiger charge is 2.19. The molecule has 0 saturated heterocycles. The number of aryl methyl sites for hydroxylation is 1. The highest BCUT2D eigenvalue weighted by atomic mass is 16.5. The second kappa shape index (κ2) is 18.7. The summed E-state index contributed by atoms with van der Waals surface area (Å²) in [6, 6.07) is 15.3. The summed E-state index contributed by atoms with van der Waals surface area (Å²) in [6.07, 6.45) is 24.0. The van der Waals surface area contributed by atoms with E-state index in [1.165, 1.54) is 89.0 Å². The molecule has 0 unspecified atom stereocenters. The third-order valence-electron chi connectivity index (χ3n) is 8.65. The number of esters is 1. The summed E-state index contributed by atoms with van der Waals surface area (Å²) in [7, 11) is 0. The van der Waals surface area contributed by atoms with E-state index in [2.05, 4.69) is 45.1 Å². The molecule has 0 aliphatic heterocycles. The number of benzene rings is 2. The van der Waals surface area contributed by atoms with Crippen LogP contribution in [-0.4, -0.2) is 12.6 Å². The standard InChI is InChI=1S/C37H54O3/c1-4-6-7-8-11-14-31-15-17-32(18-16-31)19-20-33-21-25-36(26-22-33)40-37(38)34-23-27-35(28-24-34)39-29-12-9-10-13-30(3)5-2/h11,14,21-28,30-32H,4-10,12-13,15-20,29H2,1-3H3/b14-11-/t30-,31?,32?/m0/s1. The average Bonchev–Trinajstić information content (AvgIpc) is 2.99. The van der Waals surface area contributed by atoms with Crippen molar-refractivity contribution in [3.8, 4) is 11.5 Å². The van der Waals surface area contributed by atoms with E-state index in [1.807, 2.05) is 24.3 Å². The van der Waals surface area contributed by atoms with E-state index in [0.29, 0.717) is 17.9 Å². The predicted octanol–water partition coefficient (Wildman–Crippen LogP) is 10.8. The fraction of sp³-hybridized carbons (Fsp3) is 0.595. The monoisotopic (exact) mass is 546 g/mol. The van der Waals surface area contributed by atoms with Crippen LogP contribution in [0.2, 0.25) is 0 Å². The van der Waals surface area contributed by atoms with E-state index >= 15 is 0 Å². The van der Waals surface area contributed by atoms with Crippen molar-refractivity contribution in [1.29, 1.82) is 0 Å². The first kappa shape index (κ1) is 32.0. The molecule has 0 aromatic heterocycles. The molecule has 1 saturated carbocycles. The summed E-state index contributed by atoms with van der Waals surface area (Å²) >= 11 is 0. The molecule has 3 heteroatoms. The topological polar surface area (TPSA) is 35.5 Å². The van der Waals surface area contributed by atoms with E-state index < -0.39 is 0 Å². The van der Waals surface area contributed by atoms with Gasteiger partial charge in [-0.15, -0.1) is 0 Å². The molecule has 0 heterocycles. The molecule has 2 aromatic rings. The quantitative estimate of drug-likeness (QED) is 0.0807. The number of hydrogen-bond acceptors (Lipinski definition) is 3. The van der Waals surface area contributed by atoms with Crippen LogP contribution in [0.15, 0.2) is 60.7 Å². The number of carbonyl (C=O) groups excluding carboxylic acids is 1. The molecule has 0 N–H and O–H groups in total. The number of unbranched alkanes of at least 4 members (excludes halogenated alkanes) is 5. The fourth-order valence-corrected chi connectivity index (χ4v) is 5.58. The first-order valence-corrected chi connectivity index (χ1v) is 16.3. The van der Waals surface area contributed by atoms with Gasteiger partial charge in [0, 0.05) is 0 Å². The molecule has 0 bridgehead atoms. The van der Waals surface area contributed by atoms with Crippen LogP contribution in [-0.2, 0) is 6.42 Å². The summed E-state index contributed by atoms with van der Waals surface area (Å²) in [5.41, 5.74) is 1.86. The third kappa shape index (κ3) is 12.3. The van der Waals surface area contributed by atoms with E-state index in [0.717, 1.165) is 36.3 Å². The minimum Gasteiger partial charge on any atom is -0.494 e. The lowest BCUT2D eigenvalue weighted by molar-refractivity contribution is 0.0734. The van der Waals surface area contributed by atoms with Gasteiger partial charge in [0.2, 0.25) is 0 Å². The fourth-order valence-electron chi connectivity index (χ4n) is 5.58. The largest absolute Gasteiger partial charge is 0.494 e. The van der Waals surface area contributed by atoms with Crippen molar-refractivity contribution >= 4 is 5.97 Å². The first-order valence-electron chi connectivity index (χ1n) is 16.3. The molecule has 3 rings (SSSR count). The van der Waals surface area contributed by atoms with Crippen molar-refractivity contribution in [2.75, 3.05) is 6.61 Å². The highest BCUT2D eigenvalue weighted by molar-refractivity contribution is 5.91. The lowest BCUT2D eigenvalue weighted by Crippen LogP contribution is -2.13. The molecule has 40 heavy (non-hydrogen) atoms. The van der Waals surface area contributed by atoms with Gasteiger partial charge in [0.25, 0.3) is 0 Å². The van der Waals surface area contributed by atoms with E-state index in [9.17, 15) is 4.79 Å². The predicted molar refractivity (Wildman–Crippen MR) is 168 cm³/mol. The molecule has 3 nitrogen and oxygen atoms in total. The summed E-state index contributed by atoms with van der Waals surface area (Å²) < 4.78 is 11.5. The van der Waals surface area contributed by atoms with Crippen LogP contribution in [0.5, 0.6) is 11.5 Å². The number of allylic oxidation sites excluding steroid dienone is 2. The van der Waals surface area contributed by atoms with Crippen molar-refractivity contribution < 1.29 is 14.3 Å². The maximum Gasteiger partial charge on any atom is 0.343 e. The minimum absolute atomic E-state index is 0.333. The van der Waals surface area contributed by atoms with Crippen LogP contribution < -0.4 is 9.47 Å². The van der Waals surface area contributed by atoms with Crippen molar-refractivity contribution in [1.82, 2.24) is 0 Å². The second-order valence-corrected chi connectivity index (χ2v) is 12.0. The zero-order valence-electron chi connectivity index (χ0n) is 25.5. The van der Waals surface area contributed by atoms with E-state index in [1.54, 1.807) is 12.1 Å². The van der Waals surface area contributed by atoms with Gasteiger partial charge in [-0.3, -0.25) is 0 Å². The van der Waals surface area contributed by atoms with Crippen LogP contribution in [0.1, 0.15) is 127 Å². The van der Waals surface area contributed by atoms with Crippen LogP contribution in [0, 0.1) is 17.8 Å². The average molecular weight is 547 g/mol. The zero-order chi connectivity index (χ0) is 28.4. The van der Waals surface area contributed by atoms with Gasteiger partial charge in [-0.25, -0.2) is 4.79 Å². The summed E-state index contributed by atoms with van der Waals surface area (Å²) in [6.45, 7) is 7.56. The van der Waals surface area contributed by atoms with Crippen molar-refractivity contribution in [2.24, 2.45) is 17.8 Å². The Morgan fingerprint density at radius 2 is 1.60 bits per heavy atom. The Kier molecular flexibility index (Phi) is 15.0. The van der Waals surface area contributed by atoms with Crippen LogP contribution in [0.25, 0.3) is 0 Å². The number of rotatable bonds is 18. The lowest BCUT2D eigenvalue weighted by atomic mass is 9.79. The Balaban J connectivity index is 1.31. The second-order valence-electron chi connectivity index (χ2n) is 12.0. The van der Waals surface area contributed by atoms with E-state index in [4.69, 9.17) is 9.47 Å². The molecule has 220 valence electrons. The minimum atomic E-state index is -0.333. The molecule has 1 fully saturated rings. The molecular formula is C37H54O3. The molecule has 0 radical (unpaired) electrons. The third-order valence-corrected chi connectivity index (χ3v) is 8.65. The smallest absolute Gasteiger partial charge is 0.343 e. The molecule has 2 aromatic carbocycles. The SMILES string of the molecule is CCCCC/C=C\C1CCC(CCc2ccc(OC(=O)c3ccc(OCCCCC[C@@H](C)CC)cc3)cc2)CC1. The summed E-state index contributed by atoms with van der Waals surface area (Å²) in [4.78, 5) is 12.6. The van der Waals surface area contributed by atoms with Gasteiger partial charge >= 0.3 is 5.97 Å². The van der Waals surface area contributed by atoms with E-state index in [-0.39, 0.29) is 5.97 Å². The molecule has 1 aliphatic rings. The van der Waals surface area contributed by atoms with Gasteiger partial charge in [-0.2, -0.15) is 0 Å². The van der Waals surface area contributed by atoms with Gasteiger partial charge in [0.05, 0.1) is 12.2 Å². The molecule has 0 spiro atoms. The maximum atomic E-state index is 12.6. The summed E-state index contributed by atoms with van der Waals surface area (Å²) in [5.74, 6) is 3.51. The van der Waals surface area contributed by atoms with Gasteiger partial charge in [-0.1, -0.05) is 83.6 Å². The van der Waals surface area contributed by atoms with Gasteiger partial charge in [-0.05, 0) is 118 Å². The van der Waals surface area contributed by atoms with Gasteiger partial charge < -0.3 is 9.47 Å². The zero-order valence-corrected chi connectivity index (χ0v) is 25.5. The van der Waals surface area contributed by atoms with Crippen LogP contribution in [0.3, 0.4) is 0 Å². The van der Waals surface area contributed by atoms with Crippen molar-refractivity contribution in [3.05, 3.63) is 71.8 Å². The summed E-state index contributed by atoms with van der Waals surface area (Å²) in [5, 5.41) is 0. The van der Waals surface area contributed by atoms with Gasteiger partial charge in [0.1, 0.15) is 11.5 Å². The Labute approximate surface area is 244 Å². The van der Waals surface area contributed by atoms with Crippen LogP contribution in [0.4, 0.5) is 0 Å². The first-order chi connectivity index (χ1) is 19.6. The Morgan fingerprint density at radius 3 is 2.30 bits per heavy atom. The van der Waals surface area contributed by atoms with Crippen molar-refractivity contribution in [3.63, 3.8) is 0 Å². The number of ether oxygens (including phenoxy) is 2. The van der Waals surface area contributed by atoms with Crippen molar-refractivity contribution in [2.45, 2.75) is 117 Å². The molecule has 0 amide bonds. The van der Waals surface area contributed by atoms with Crippen LogP contribution >= 0.6 is 0 Å². The Morgan fingerprint density at radius 1 is 0.875 bits per heavy atom. The highest BCUT2D eigenvalue weighted by Crippen LogP contribution is 2.32. The number of hydrogen-bond donors (Lipinski definition) is 0. The Hall–Kier alpha value is -2.55. The Bertz CT molecular complexity index is 967. The normalized spacial score (nSPS) is 18.1.